The molecule has 23 heavy (non-hydrogen) atoms. The molecule has 0 amide bonds. The van der Waals surface area contributed by atoms with Gasteiger partial charge in [-0.05, 0) is 19.4 Å². The van der Waals surface area contributed by atoms with Crippen LogP contribution >= 0.6 is 0 Å². The van der Waals surface area contributed by atoms with E-state index in [1.165, 1.54) is 0 Å². The molecule has 0 saturated carbocycles. The third-order valence-corrected chi connectivity index (χ3v) is 4.06. The average molecular weight is 304 g/mol. The second-order valence-electron chi connectivity index (χ2n) is 5.39. The lowest BCUT2D eigenvalue weighted by atomic mass is 9.98. The zero-order chi connectivity index (χ0) is 16.2. The lowest BCUT2D eigenvalue weighted by molar-refractivity contribution is -0.108. The van der Waals surface area contributed by atoms with E-state index in [-0.39, 0.29) is 5.78 Å². The minimum atomic E-state index is 0.0127. The number of carbonyl (C=O) groups is 1. The van der Waals surface area contributed by atoms with Crippen LogP contribution in [0.1, 0.15) is 25.0 Å². The second-order valence-corrected chi connectivity index (χ2v) is 5.39. The molecule has 0 aliphatic carbocycles. The van der Waals surface area contributed by atoms with Gasteiger partial charge in [0.15, 0.2) is 5.84 Å². The van der Waals surface area contributed by atoms with Crippen LogP contribution < -0.4 is 0 Å². The van der Waals surface area contributed by atoms with Crippen LogP contribution in [0, 0.1) is 0 Å². The average Bonchev–Trinajstić information content (AvgIpc) is 2.95. The molecule has 3 heteroatoms. The van der Waals surface area contributed by atoms with Gasteiger partial charge in [0.05, 0.1) is 11.3 Å². The number of hydrogen-bond acceptors (Lipinski definition) is 3. The van der Waals surface area contributed by atoms with Crippen LogP contribution in [0.25, 0.3) is 11.3 Å². The molecule has 1 heterocycles. The first-order valence-electron chi connectivity index (χ1n) is 7.99. The minimum Gasteiger partial charge on any atom is -0.354 e. The van der Waals surface area contributed by atoms with Gasteiger partial charge in [0.2, 0.25) is 5.78 Å². The minimum absolute atomic E-state index is 0.0127. The van der Waals surface area contributed by atoms with Crippen molar-refractivity contribution in [2.24, 2.45) is 4.99 Å². The van der Waals surface area contributed by atoms with Gasteiger partial charge in [0, 0.05) is 18.7 Å². The Kier molecular flexibility index (Phi) is 4.38. The number of ketones is 1. The number of rotatable bonds is 4. The summed E-state index contributed by atoms with van der Waals surface area (Å²) in [4.78, 5) is 19.7. The van der Waals surface area contributed by atoms with Crippen LogP contribution in [-0.4, -0.2) is 29.6 Å². The summed E-state index contributed by atoms with van der Waals surface area (Å²) in [6.45, 7) is 5.63. The third-order valence-electron chi connectivity index (χ3n) is 4.06. The summed E-state index contributed by atoms with van der Waals surface area (Å²) < 4.78 is 0. The van der Waals surface area contributed by atoms with E-state index < -0.39 is 0 Å². The smallest absolute Gasteiger partial charge is 0.230 e. The maximum atomic E-state index is 13.0. The van der Waals surface area contributed by atoms with E-state index in [2.05, 4.69) is 0 Å². The van der Waals surface area contributed by atoms with Gasteiger partial charge in [0.25, 0.3) is 0 Å². The summed E-state index contributed by atoms with van der Waals surface area (Å²) in [5, 5.41) is 0. The van der Waals surface area contributed by atoms with Crippen molar-refractivity contribution >= 4 is 22.9 Å². The SMILES string of the molecule is CCN(CC)C1=NC(c2ccccc2)=C(c2ccccc2)C1=O. The Balaban J connectivity index is 2.15. The van der Waals surface area contributed by atoms with Gasteiger partial charge in [-0.2, -0.15) is 0 Å². The highest BCUT2D eigenvalue weighted by atomic mass is 16.1. The predicted octanol–water partition coefficient (Wildman–Crippen LogP) is 3.88. The Morgan fingerprint density at radius 2 is 1.35 bits per heavy atom. The number of amidine groups is 1. The van der Waals surface area contributed by atoms with Crippen molar-refractivity contribution in [3.8, 4) is 0 Å². The normalized spacial score (nSPS) is 14.2. The topological polar surface area (TPSA) is 32.7 Å². The molecule has 3 nitrogen and oxygen atoms in total. The van der Waals surface area contributed by atoms with Gasteiger partial charge in [-0.25, -0.2) is 4.99 Å². The van der Waals surface area contributed by atoms with Gasteiger partial charge in [0.1, 0.15) is 0 Å². The van der Waals surface area contributed by atoms with Crippen molar-refractivity contribution in [1.82, 2.24) is 4.90 Å². The van der Waals surface area contributed by atoms with E-state index in [1.54, 1.807) is 0 Å². The Bertz CT molecular complexity index is 757. The molecule has 1 aliphatic rings. The van der Waals surface area contributed by atoms with Gasteiger partial charge < -0.3 is 4.90 Å². The van der Waals surface area contributed by atoms with Crippen LogP contribution in [0.15, 0.2) is 65.7 Å². The van der Waals surface area contributed by atoms with Crippen molar-refractivity contribution in [1.29, 1.82) is 0 Å². The number of Topliss-reactive ketones (excluding diaryl/α,β-unsaturated/α-hetero) is 1. The van der Waals surface area contributed by atoms with Gasteiger partial charge in [-0.15, -0.1) is 0 Å². The van der Waals surface area contributed by atoms with E-state index in [0.717, 1.165) is 29.9 Å². The lowest BCUT2D eigenvalue weighted by Gasteiger charge is -2.19. The molecule has 0 spiro atoms. The molecular formula is C20H20N2O. The zero-order valence-electron chi connectivity index (χ0n) is 13.5. The quantitative estimate of drug-likeness (QED) is 0.858. The van der Waals surface area contributed by atoms with Gasteiger partial charge >= 0.3 is 0 Å². The Morgan fingerprint density at radius 1 is 0.826 bits per heavy atom. The number of likely N-dealkylation sites (N-methyl/N-ethyl adjacent to an activating group) is 1. The first kappa shape index (κ1) is 15.2. The van der Waals surface area contributed by atoms with Crippen LogP contribution in [0.2, 0.25) is 0 Å². The number of aliphatic imine (C=N–C) groups is 1. The molecule has 3 rings (SSSR count). The van der Waals surface area contributed by atoms with Crippen LogP contribution in [0.3, 0.4) is 0 Å². The molecule has 0 unspecified atom stereocenters. The first-order valence-corrected chi connectivity index (χ1v) is 7.99. The Morgan fingerprint density at radius 3 is 1.87 bits per heavy atom. The highest BCUT2D eigenvalue weighted by Crippen LogP contribution is 2.34. The zero-order valence-corrected chi connectivity index (χ0v) is 13.5. The molecule has 0 fully saturated rings. The number of carbonyl (C=O) groups excluding carboxylic acids is 1. The lowest BCUT2D eigenvalue weighted by Crippen LogP contribution is -2.35. The fourth-order valence-electron chi connectivity index (χ4n) is 2.85. The Labute approximate surface area is 137 Å². The molecular weight excluding hydrogens is 284 g/mol. The summed E-state index contributed by atoms with van der Waals surface area (Å²) in [7, 11) is 0. The van der Waals surface area contributed by atoms with Crippen molar-refractivity contribution in [2.75, 3.05) is 13.1 Å². The third kappa shape index (κ3) is 2.82. The Hall–Kier alpha value is -2.68. The standard InChI is InChI=1S/C20H20N2O/c1-3-22(4-2)20-19(23)17(15-11-7-5-8-12-15)18(21-20)16-13-9-6-10-14-16/h5-14H,3-4H2,1-2H3. The monoisotopic (exact) mass is 304 g/mol. The molecule has 2 aromatic carbocycles. The molecule has 116 valence electrons. The first-order chi connectivity index (χ1) is 11.3. The van der Waals surface area contributed by atoms with Crippen molar-refractivity contribution in [3.05, 3.63) is 71.8 Å². The van der Waals surface area contributed by atoms with Gasteiger partial charge in [-0.1, -0.05) is 60.7 Å². The summed E-state index contributed by atoms with van der Waals surface area (Å²) in [6.07, 6.45) is 0. The summed E-state index contributed by atoms with van der Waals surface area (Å²) in [6, 6.07) is 19.7. The highest BCUT2D eigenvalue weighted by molar-refractivity contribution is 6.60. The maximum Gasteiger partial charge on any atom is 0.230 e. The highest BCUT2D eigenvalue weighted by Gasteiger charge is 2.31. The number of benzene rings is 2. The van der Waals surface area contributed by atoms with Crippen LogP contribution in [-0.2, 0) is 4.79 Å². The largest absolute Gasteiger partial charge is 0.354 e. The number of nitrogens with zero attached hydrogens (tertiary/aromatic N) is 2. The van der Waals surface area contributed by atoms with E-state index >= 15 is 0 Å². The summed E-state index contributed by atoms with van der Waals surface area (Å²) >= 11 is 0. The molecule has 0 atom stereocenters. The van der Waals surface area contributed by atoms with Crippen LogP contribution in [0.4, 0.5) is 0 Å². The van der Waals surface area contributed by atoms with Crippen molar-refractivity contribution < 1.29 is 4.79 Å². The molecule has 0 N–H and O–H groups in total. The van der Waals surface area contributed by atoms with E-state index in [0.29, 0.717) is 11.4 Å². The molecule has 0 aromatic heterocycles. The van der Waals surface area contributed by atoms with Gasteiger partial charge in [-0.3, -0.25) is 4.79 Å². The summed E-state index contributed by atoms with van der Waals surface area (Å²) in [5.41, 5.74) is 3.35. The summed E-state index contributed by atoms with van der Waals surface area (Å²) in [5.74, 6) is 0.562. The van der Waals surface area contributed by atoms with Crippen LogP contribution in [0.5, 0.6) is 0 Å². The van der Waals surface area contributed by atoms with E-state index in [9.17, 15) is 4.79 Å². The molecule has 0 saturated heterocycles. The fraction of sp³-hybridized carbons (Fsp3) is 0.200. The second kappa shape index (κ2) is 6.61. The maximum absolute atomic E-state index is 13.0. The molecule has 2 aromatic rings. The predicted molar refractivity (Wildman–Crippen MR) is 95.1 cm³/mol. The molecule has 0 radical (unpaired) electrons. The van der Waals surface area contributed by atoms with Crippen molar-refractivity contribution in [3.63, 3.8) is 0 Å². The fourth-order valence-corrected chi connectivity index (χ4v) is 2.85. The molecule has 1 aliphatic heterocycles. The van der Waals surface area contributed by atoms with Crippen molar-refractivity contribution in [2.45, 2.75) is 13.8 Å². The van der Waals surface area contributed by atoms with E-state index in [1.807, 2.05) is 79.4 Å². The number of hydrogen-bond donors (Lipinski definition) is 0. The molecule has 0 bridgehead atoms. The van der Waals surface area contributed by atoms with E-state index in [4.69, 9.17) is 4.99 Å².